The number of carbonyl (C=O) groups excluding carboxylic acids is 1. The molecule has 5 nitrogen and oxygen atoms in total. The van der Waals surface area contributed by atoms with E-state index in [9.17, 15) is 4.79 Å². The normalized spacial score (nSPS) is 14.8. The fourth-order valence-electron chi connectivity index (χ4n) is 3.79. The van der Waals surface area contributed by atoms with E-state index in [4.69, 9.17) is 4.74 Å². The van der Waals surface area contributed by atoms with Crippen molar-refractivity contribution in [3.05, 3.63) is 76.5 Å². The Hall–Kier alpha value is -2.76. The Kier molecular flexibility index (Phi) is 5.88. The molecule has 0 unspecified atom stereocenters. The van der Waals surface area contributed by atoms with Crippen LogP contribution in [-0.4, -0.2) is 42.1 Å². The second-order valence-electron chi connectivity index (χ2n) is 7.72. The van der Waals surface area contributed by atoms with Gasteiger partial charge in [0.05, 0.1) is 24.3 Å². The number of aryl methyl sites for hydroxylation is 2. The number of hydrogen-bond acceptors (Lipinski definition) is 4. The average Bonchev–Trinajstić information content (AvgIpc) is 2.73. The van der Waals surface area contributed by atoms with E-state index in [0.717, 1.165) is 60.6 Å². The fraction of sp³-hybridized carbons (Fsp3) is 0.333. The van der Waals surface area contributed by atoms with Crippen molar-refractivity contribution in [1.29, 1.82) is 0 Å². The molecular weight excluding hydrogens is 362 g/mol. The summed E-state index contributed by atoms with van der Waals surface area (Å²) in [6.07, 6.45) is 0. The highest BCUT2D eigenvalue weighted by atomic mass is 16.5. The van der Waals surface area contributed by atoms with Crippen LogP contribution < -0.4 is 5.32 Å². The van der Waals surface area contributed by atoms with E-state index in [0.29, 0.717) is 12.1 Å². The zero-order valence-electron chi connectivity index (χ0n) is 17.1. The molecule has 0 saturated carbocycles. The van der Waals surface area contributed by atoms with Crippen LogP contribution in [0.2, 0.25) is 0 Å². The van der Waals surface area contributed by atoms with Gasteiger partial charge in [0.25, 0.3) is 5.91 Å². The first-order valence-electron chi connectivity index (χ1n) is 10.1. The summed E-state index contributed by atoms with van der Waals surface area (Å²) in [5, 5.41) is 3.98. The number of nitrogens with zero attached hydrogens (tertiary/aromatic N) is 2. The number of carbonyl (C=O) groups is 1. The molecule has 2 aromatic carbocycles. The molecular formula is C24H27N3O2. The highest BCUT2D eigenvalue weighted by molar-refractivity contribution is 6.06. The lowest BCUT2D eigenvalue weighted by atomic mass is 10.0. The Balaban J connectivity index is 1.47. The zero-order valence-corrected chi connectivity index (χ0v) is 17.1. The fourth-order valence-corrected chi connectivity index (χ4v) is 3.79. The quantitative estimate of drug-likeness (QED) is 0.724. The average molecular weight is 389 g/mol. The van der Waals surface area contributed by atoms with Gasteiger partial charge in [-0.2, -0.15) is 0 Å². The predicted octanol–water partition coefficient (Wildman–Crippen LogP) is 3.61. The van der Waals surface area contributed by atoms with E-state index in [2.05, 4.69) is 39.5 Å². The monoisotopic (exact) mass is 389 g/mol. The number of hydrogen-bond donors (Lipinski definition) is 1. The number of aromatic nitrogens is 1. The van der Waals surface area contributed by atoms with Gasteiger partial charge in [0.1, 0.15) is 0 Å². The van der Waals surface area contributed by atoms with Crippen molar-refractivity contribution in [2.45, 2.75) is 26.9 Å². The number of pyridine rings is 1. The van der Waals surface area contributed by atoms with Crippen LogP contribution >= 0.6 is 0 Å². The number of ether oxygens (including phenoxy) is 1. The van der Waals surface area contributed by atoms with Gasteiger partial charge in [0, 0.05) is 37.3 Å². The van der Waals surface area contributed by atoms with Crippen LogP contribution in [0.15, 0.2) is 48.5 Å². The Bertz CT molecular complexity index is 1030. The highest BCUT2D eigenvalue weighted by Crippen LogP contribution is 2.20. The summed E-state index contributed by atoms with van der Waals surface area (Å²) < 4.78 is 5.42. The topological polar surface area (TPSA) is 54.5 Å². The minimum atomic E-state index is -0.0651. The maximum absolute atomic E-state index is 12.9. The second-order valence-corrected chi connectivity index (χ2v) is 7.72. The number of fused-ring (bicyclic) bond motifs is 1. The van der Waals surface area contributed by atoms with Crippen LogP contribution in [0.25, 0.3) is 10.9 Å². The summed E-state index contributed by atoms with van der Waals surface area (Å²) >= 11 is 0. The molecule has 1 saturated heterocycles. The summed E-state index contributed by atoms with van der Waals surface area (Å²) in [6.45, 7) is 8.90. The highest BCUT2D eigenvalue weighted by Gasteiger charge is 2.13. The summed E-state index contributed by atoms with van der Waals surface area (Å²) in [4.78, 5) is 19.9. The lowest BCUT2D eigenvalue weighted by Gasteiger charge is -2.26. The van der Waals surface area contributed by atoms with E-state index >= 15 is 0 Å². The molecule has 1 N–H and O–H groups in total. The van der Waals surface area contributed by atoms with E-state index in [1.54, 1.807) is 0 Å². The van der Waals surface area contributed by atoms with Crippen LogP contribution in [0.1, 0.15) is 32.7 Å². The SMILES string of the molecule is Cc1ccc2nc(C)cc(C(=O)NCc3cccc(CN4CCOCC4)c3)c2c1. The van der Waals surface area contributed by atoms with E-state index in [-0.39, 0.29) is 5.91 Å². The number of amides is 1. The van der Waals surface area contributed by atoms with Crippen molar-refractivity contribution in [2.75, 3.05) is 26.3 Å². The largest absolute Gasteiger partial charge is 0.379 e. The Morgan fingerprint density at radius 2 is 1.86 bits per heavy atom. The molecule has 1 aliphatic rings. The third kappa shape index (κ3) is 4.81. The Morgan fingerprint density at radius 1 is 1.07 bits per heavy atom. The molecule has 0 aliphatic carbocycles. The van der Waals surface area contributed by atoms with Crippen molar-refractivity contribution in [2.24, 2.45) is 0 Å². The molecule has 1 aliphatic heterocycles. The van der Waals surface area contributed by atoms with Gasteiger partial charge in [0.15, 0.2) is 0 Å². The lowest BCUT2D eigenvalue weighted by Crippen LogP contribution is -2.35. The summed E-state index contributed by atoms with van der Waals surface area (Å²) in [6, 6.07) is 16.3. The minimum absolute atomic E-state index is 0.0651. The number of rotatable bonds is 5. The van der Waals surface area contributed by atoms with Crippen LogP contribution in [0, 0.1) is 13.8 Å². The van der Waals surface area contributed by atoms with Crippen LogP contribution in [-0.2, 0) is 17.8 Å². The molecule has 150 valence electrons. The first kappa shape index (κ1) is 19.6. The van der Waals surface area contributed by atoms with Gasteiger partial charge in [-0.15, -0.1) is 0 Å². The molecule has 4 rings (SSSR count). The van der Waals surface area contributed by atoms with Crippen molar-refractivity contribution in [1.82, 2.24) is 15.2 Å². The van der Waals surface area contributed by atoms with Gasteiger partial charge in [-0.05, 0) is 43.2 Å². The maximum Gasteiger partial charge on any atom is 0.252 e. The minimum Gasteiger partial charge on any atom is -0.379 e. The molecule has 0 radical (unpaired) electrons. The van der Waals surface area contributed by atoms with Crippen molar-refractivity contribution >= 4 is 16.8 Å². The lowest BCUT2D eigenvalue weighted by molar-refractivity contribution is 0.0342. The number of benzene rings is 2. The zero-order chi connectivity index (χ0) is 20.2. The van der Waals surface area contributed by atoms with E-state index < -0.39 is 0 Å². The molecule has 0 atom stereocenters. The third-order valence-corrected chi connectivity index (χ3v) is 5.29. The summed E-state index contributed by atoms with van der Waals surface area (Å²) in [5.74, 6) is -0.0651. The summed E-state index contributed by atoms with van der Waals surface area (Å²) in [7, 11) is 0. The maximum atomic E-state index is 12.9. The van der Waals surface area contributed by atoms with Gasteiger partial charge in [0.2, 0.25) is 0 Å². The summed E-state index contributed by atoms with van der Waals surface area (Å²) in [5.41, 5.74) is 5.87. The standard InChI is InChI=1S/C24H27N3O2/c1-17-6-7-23-21(12-17)22(13-18(2)26-23)24(28)25-15-19-4-3-5-20(14-19)16-27-8-10-29-11-9-27/h3-7,12-14H,8-11,15-16H2,1-2H3,(H,25,28). The molecule has 2 heterocycles. The van der Waals surface area contributed by atoms with Crippen molar-refractivity contribution < 1.29 is 9.53 Å². The van der Waals surface area contributed by atoms with E-state index in [1.165, 1.54) is 5.56 Å². The second kappa shape index (κ2) is 8.72. The molecule has 29 heavy (non-hydrogen) atoms. The smallest absolute Gasteiger partial charge is 0.252 e. The molecule has 5 heteroatoms. The van der Waals surface area contributed by atoms with Gasteiger partial charge >= 0.3 is 0 Å². The van der Waals surface area contributed by atoms with Crippen LogP contribution in [0.5, 0.6) is 0 Å². The molecule has 3 aromatic rings. The first-order valence-corrected chi connectivity index (χ1v) is 10.1. The van der Waals surface area contributed by atoms with E-state index in [1.807, 2.05) is 38.1 Å². The predicted molar refractivity (Wildman–Crippen MR) is 115 cm³/mol. The molecule has 0 spiro atoms. The van der Waals surface area contributed by atoms with Gasteiger partial charge < -0.3 is 10.1 Å². The molecule has 1 amide bonds. The number of nitrogens with one attached hydrogen (secondary N) is 1. The van der Waals surface area contributed by atoms with Gasteiger partial charge in [-0.1, -0.05) is 35.9 Å². The molecule has 0 bridgehead atoms. The Labute approximate surface area is 171 Å². The van der Waals surface area contributed by atoms with Gasteiger partial charge in [-0.25, -0.2) is 0 Å². The van der Waals surface area contributed by atoms with Crippen molar-refractivity contribution in [3.63, 3.8) is 0 Å². The van der Waals surface area contributed by atoms with Crippen LogP contribution in [0.3, 0.4) is 0 Å². The first-order chi connectivity index (χ1) is 14.1. The Morgan fingerprint density at radius 3 is 2.69 bits per heavy atom. The molecule has 1 aromatic heterocycles. The number of morpholine rings is 1. The molecule has 1 fully saturated rings. The van der Waals surface area contributed by atoms with Crippen LogP contribution in [0.4, 0.5) is 0 Å². The van der Waals surface area contributed by atoms with Crippen molar-refractivity contribution in [3.8, 4) is 0 Å². The van der Waals surface area contributed by atoms with Gasteiger partial charge in [-0.3, -0.25) is 14.7 Å². The third-order valence-electron chi connectivity index (χ3n) is 5.29.